The van der Waals surface area contributed by atoms with Crippen molar-refractivity contribution in [2.45, 2.75) is 26.8 Å². The van der Waals surface area contributed by atoms with Gasteiger partial charge in [0.1, 0.15) is 0 Å². The van der Waals surface area contributed by atoms with Crippen LogP contribution < -0.4 is 10.6 Å². The van der Waals surface area contributed by atoms with Crippen LogP contribution in [0.1, 0.15) is 34.0 Å². The zero-order valence-corrected chi connectivity index (χ0v) is 19.8. The molecule has 1 amide bonds. The number of nitrogens with zero attached hydrogens (tertiary/aromatic N) is 3. The maximum Gasteiger partial charge on any atom is 0.251 e. The molecule has 0 saturated heterocycles. The highest BCUT2D eigenvalue weighted by molar-refractivity contribution is 5.94. The smallest absolute Gasteiger partial charge is 0.251 e. The number of carbonyl (C=O) groups is 1. The number of imidazole rings is 1. The molecule has 0 atom stereocenters. The fourth-order valence-electron chi connectivity index (χ4n) is 4.21. The first-order chi connectivity index (χ1) is 17.1. The van der Waals surface area contributed by atoms with E-state index in [9.17, 15) is 4.79 Å². The Labute approximate surface area is 204 Å². The number of carbonyl (C=O) groups excluding carboxylic acids is 1. The molecule has 0 fully saturated rings. The molecule has 0 aliphatic heterocycles. The first-order valence-corrected chi connectivity index (χ1v) is 11.7. The molecule has 0 bridgehead atoms. The lowest BCUT2D eigenvalue weighted by Gasteiger charge is -2.13. The summed E-state index contributed by atoms with van der Waals surface area (Å²) < 4.78 is 2.01. The van der Waals surface area contributed by atoms with E-state index in [-0.39, 0.29) is 5.91 Å². The third kappa shape index (κ3) is 4.92. The van der Waals surface area contributed by atoms with Crippen LogP contribution in [-0.4, -0.2) is 20.3 Å². The van der Waals surface area contributed by atoms with Gasteiger partial charge in [0.15, 0.2) is 5.65 Å². The number of amides is 1. The van der Waals surface area contributed by atoms with Gasteiger partial charge in [-0.05, 0) is 72.0 Å². The second kappa shape index (κ2) is 9.81. The van der Waals surface area contributed by atoms with Crippen molar-refractivity contribution in [2.75, 3.05) is 5.32 Å². The number of pyridine rings is 2. The van der Waals surface area contributed by atoms with E-state index in [1.807, 2.05) is 47.0 Å². The Balaban J connectivity index is 1.38. The second-order valence-corrected chi connectivity index (χ2v) is 8.54. The fraction of sp³-hybridized carbons (Fsp3) is 0.138. The summed E-state index contributed by atoms with van der Waals surface area (Å²) in [7, 11) is 0. The maximum absolute atomic E-state index is 12.6. The van der Waals surface area contributed by atoms with Crippen LogP contribution in [0.4, 0.5) is 11.4 Å². The summed E-state index contributed by atoms with van der Waals surface area (Å²) in [5.74, 6) is -0.112. The molecule has 35 heavy (non-hydrogen) atoms. The first-order valence-electron chi connectivity index (χ1n) is 11.7. The predicted octanol–water partition coefficient (Wildman–Crippen LogP) is 5.94. The molecule has 6 heteroatoms. The number of aryl methyl sites for hydroxylation is 2. The van der Waals surface area contributed by atoms with Crippen molar-refractivity contribution in [2.24, 2.45) is 0 Å². The lowest BCUT2D eigenvalue weighted by Crippen LogP contribution is -2.22. The number of hydrogen-bond donors (Lipinski definition) is 2. The van der Waals surface area contributed by atoms with Gasteiger partial charge in [0.05, 0.1) is 5.69 Å². The summed E-state index contributed by atoms with van der Waals surface area (Å²) in [6.07, 6.45) is 10.3. The molecule has 0 radical (unpaired) electrons. The van der Waals surface area contributed by atoms with E-state index >= 15 is 0 Å². The van der Waals surface area contributed by atoms with Crippen molar-refractivity contribution in [3.05, 3.63) is 114 Å². The van der Waals surface area contributed by atoms with Crippen LogP contribution in [0.5, 0.6) is 0 Å². The summed E-state index contributed by atoms with van der Waals surface area (Å²) >= 11 is 0. The highest BCUT2D eigenvalue weighted by atomic mass is 16.1. The minimum atomic E-state index is -0.112. The average Bonchev–Trinajstić information content (AvgIpc) is 3.37. The molecule has 174 valence electrons. The Morgan fingerprint density at radius 1 is 1.00 bits per heavy atom. The van der Waals surface area contributed by atoms with Crippen molar-refractivity contribution in [1.82, 2.24) is 19.7 Å². The van der Waals surface area contributed by atoms with Crippen molar-refractivity contribution >= 4 is 22.9 Å². The molecule has 5 rings (SSSR count). The molecule has 0 aliphatic carbocycles. The van der Waals surface area contributed by atoms with E-state index < -0.39 is 0 Å². The minimum Gasteiger partial charge on any atom is -0.352 e. The molecule has 3 aromatic heterocycles. The molecular formula is C29H27N5O. The van der Waals surface area contributed by atoms with Crippen LogP contribution in [0.25, 0.3) is 16.8 Å². The number of fused-ring (bicyclic) bond motifs is 1. The largest absolute Gasteiger partial charge is 0.352 e. The quantitative estimate of drug-likeness (QED) is 0.315. The van der Waals surface area contributed by atoms with E-state index in [1.54, 1.807) is 18.6 Å². The van der Waals surface area contributed by atoms with Crippen LogP contribution >= 0.6 is 0 Å². The van der Waals surface area contributed by atoms with Gasteiger partial charge in [-0.2, -0.15) is 0 Å². The molecular weight excluding hydrogens is 434 g/mol. The van der Waals surface area contributed by atoms with Crippen LogP contribution in [0, 0.1) is 6.92 Å². The Morgan fingerprint density at radius 3 is 2.60 bits per heavy atom. The molecule has 0 unspecified atom stereocenters. The fourth-order valence-corrected chi connectivity index (χ4v) is 4.21. The summed E-state index contributed by atoms with van der Waals surface area (Å²) in [5.41, 5.74) is 9.06. The van der Waals surface area contributed by atoms with Crippen LogP contribution in [0.2, 0.25) is 0 Å². The van der Waals surface area contributed by atoms with Gasteiger partial charge in [-0.3, -0.25) is 9.78 Å². The van der Waals surface area contributed by atoms with Gasteiger partial charge < -0.3 is 15.0 Å². The zero-order chi connectivity index (χ0) is 24.2. The van der Waals surface area contributed by atoms with Crippen molar-refractivity contribution in [1.29, 1.82) is 0 Å². The van der Waals surface area contributed by atoms with Crippen LogP contribution in [0.3, 0.4) is 0 Å². The Morgan fingerprint density at radius 2 is 1.86 bits per heavy atom. The maximum atomic E-state index is 12.6. The van der Waals surface area contributed by atoms with E-state index in [1.165, 1.54) is 11.1 Å². The van der Waals surface area contributed by atoms with Gasteiger partial charge in [0.2, 0.25) is 0 Å². The molecule has 0 spiro atoms. The summed E-state index contributed by atoms with van der Waals surface area (Å²) in [5, 5.41) is 6.49. The number of anilines is 2. The van der Waals surface area contributed by atoms with E-state index in [4.69, 9.17) is 0 Å². The molecule has 0 aliphatic rings. The summed E-state index contributed by atoms with van der Waals surface area (Å²) in [4.78, 5) is 21.2. The average molecular weight is 462 g/mol. The van der Waals surface area contributed by atoms with Gasteiger partial charge in [0, 0.05) is 54.3 Å². The van der Waals surface area contributed by atoms with E-state index in [2.05, 4.69) is 64.9 Å². The second-order valence-electron chi connectivity index (χ2n) is 8.54. The first kappa shape index (κ1) is 22.3. The molecule has 2 N–H and O–H groups in total. The Kier molecular flexibility index (Phi) is 6.26. The molecule has 2 aromatic carbocycles. The van der Waals surface area contributed by atoms with E-state index in [0.717, 1.165) is 40.1 Å². The van der Waals surface area contributed by atoms with Crippen LogP contribution in [0.15, 0.2) is 91.6 Å². The zero-order valence-electron chi connectivity index (χ0n) is 19.8. The van der Waals surface area contributed by atoms with Crippen LogP contribution in [-0.2, 0) is 13.0 Å². The van der Waals surface area contributed by atoms with E-state index in [0.29, 0.717) is 12.1 Å². The third-order valence-electron chi connectivity index (χ3n) is 6.15. The molecule has 0 saturated carbocycles. The standard InChI is InChI=1S/C29H27N5O/c1-3-22-10-11-26(15-20(22)2)33-27-16-25(19-34-14-13-31-28(27)34)23-6-8-24(9-7-23)29(35)32-18-21-5-4-12-30-17-21/h4-17,19,33H,3,18H2,1-2H3,(H,32,35). The van der Waals surface area contributed by atoms with Gasteiger partial charge in [-0.15, -0.1) is 0 Å². The Hall–Kier alpha value is -4.45. The Bertz CT molecular complexity index is 1470. The van der Waals surface area contributed by atoms with Crippen molar-refractivity contribution < 1.29 is 4.79 Å². The summed E-state index contributed by atoms with van der Waals surface area (Å²) in [6.45, 7) is 4.75. The minimum absolute atomic E-state index is 0.112. The van der Waals surface area contributed by atoms with Gasteiger partial charge >= 0.3 is 0 Å². The highest BCUT2D eigenvalue weighted by Gasteiger charge is 2.10. The number of benzene rings is 2. The third-order valence-corrected chi connectivity index (χ3v) is 6.15. The predicted molar refractivity (Wildman–Crippen MR) is 140 cm³/mol. The highest BCUT2D eigenvalue weighted by Crippen LogP contribution is 2.29. The van der Waals surface area contributed by atoms with Crippen molar-refractivity contribution in [3.63, 3.8) is 0 Å². The summed E-state index contributed by atoms with van der Waals surface area (Å²) in [6, 6.07) is 20.0. The van der Waals surface area contributed by atoms with Gasteiger partial charge in [-0.25, -0.2) is 4.98 Å². The molecule has 5 aromatic rings. The SMILES string of the molecule is CCc1ccc(Nc2cc(-c3ccc(C(=O)NCc4cccnc4)cc3)cn3ccnc23)cc1C. The number of aromatic nitrogens is 3. The lowest BCUT2D eigenvalue weighted by atomic mass is 10.0. The number of hydrogen-bond acceptors (Lipinski definition) is 4. The number of rotatable bonds is 7. The molecule has 3 heterocycles. The topological polar surface area (TPSA) is 71.3 Å². The number of nitrogens with one attached hydrogen (secondary N) is 2. The monoisotopic (exact) mass is 461 g/mol. The van der Waals surface area contributed by atoms with Crippen molar-refractivity contribution in [3.8, 4) is 11.1 Å². The normalized spacial score (nSPS) is 10.9. The van der Waals surface area contributed by atoms with Gasteiger partial charge in [0.25, 0.3) is 5.91 Å². The molecule has 6 nitrogen and oxygen atoms in total. The van der Waals surface area contributed by atoms with Gasteiger partial charge in [-0.1, -0.05) is 31.2 Å². The lowest BCUT2D eigenvalue weighted by molar-refractivity contribution is 0.0951.